The lowest BCUT2D eigenvalue weighted by atomic mass is 9.77. The smallest absolute Gasteiger partial charge is 0.243 e. The number of hydrogen-bond donors (Lipinski definition) is 2. The van der Waals surface area contributed by atoms with E-state index in [-0.39, 0.29) is 29.1 Å². The Kier molecular flexibility index (Phi) is 4.15. The first-order valence-electron chi connectivity index (χ1n) is 8.99. The quantitative estimate of drug-likeness (QED) is 0.876. The molecule has 4 heteroatoms. The van der Waals surface area contributed by atoms with E-state index in [0.717, 1.165) is 24.9 Å². The van der Waals surface area contributed by atoms with Gasteiger partial charge in [0.2, 0.25) is 5.91 Å². The number of benzene rings is 1. The van der Waals surface area contributed by atoms with Crippen molar-refractivity contribution < 1.29 is 4.79 Å². The van der Waals surface area contributed by atoms with E-state index in [1.54, 1.807) is 0 Å². The molecule has 132 valence electrons. The van der Waals surface area contributed by atoms with Crippen LogP contribution in [0, 0.1) is 6.92 Å². The van der Waals surface area contributed by atoms with Crippen molar-refractivity contribution in [3.63, 3.8) is 0 Å². The van der Waals surface area contributed by atoms with Gasteiger partial charge >= 0.3 is 0 Å². The first-order chi connectivity index (χ1) is 11.1. The maximum atomic E-state index is 12.8. The second-order valence-corrected chi connectivity index (χ2v) is 8.86. The SMILES string of the molecule is Cc1ccc2c(c1)C[C@@H](C(=O)NC1CC(C)(C)N(C)C(C)(C)C1)N2. The zero-order valence-corrected chi connectivity index (χ0v) is 15.9. The largest absolute Gasteiger partial charge is 0.373 e. The fraction of sp³-hybridized carbons (Fsp3) is 0.650. The Balaban J connectivity index is 1.66. The zero-order valence-electron chi connectivity index (χ0n) is 15.9. The highest BCUT2D eigenvalue weighted by atomic mass is 16.2. The zero-order chi connectivity index (χ0) is 17.7. The second kappa shape index (κ2) is 5.76. The third-order valence-corrected chi connectivity index (χ3v) is 5.99. The maximum Gasteiger partial charge on any atom is 0.243 e. The van der Waals surface area contributed by atoms with E-state index in [9.17, 15) is 4.79 Å². The van der Waals surface area contributed by atoms with Crippen LogP contribution in [0.15, 0.2) is 18.2 Å². The number of hydrogen-bond acceptors (Lipinski definition) is 3. The molecule has 24 heavy (non-hydrogen) atoms. The number of nitrogens with zero attached hydrogens (tertiary/aromatic N) is 1. The van der Waals surface area contributed by atoms with Gasteiger partial charge in [-0.25, -0.2) is 0 Å². The summed E-state index contributed by atoms with van der Waals surface area (Å²) in [5.41, 5.74) is 3.77. The monoisotopic (exact) mass is 329 g/mol. The van der Waals surface area contributed by atoms with E-state index < -0.39 is 0 Å². The molecule has 1 aromatic carbocycles. The van der Waals surface area contributed by atoms with Crippen LogP contribution in [0.2, 0.25) is 0 Å². The molecular weight excluding hydrogens is 298 g/mol. The Morgan fingerprint density at radius 1 is 1.21 bits per heavy atom. The number of rotatable bonds is 2. The highest BCUT2D eigenvalue weighted by Gasteiger charge is 2.43. The van der Waals surface area contributed by atoms with Gasteiger partial charge < -0.3 is 10.6 Å². The number of nitrogens with one attached hydrogen (secondary N) is 2. The molecule has 1 saturated heterocycles. The number of piperidine rings is 1. The fourth-order valence-electron chi connectivity index (χ4n) is 4.42. The molecule has 0 spiro atoms. The average molecular weight is 329 g/mol. The Morgan fingerprint density at radius 3 is 2.46 bits per heavy atom. The van der Waals surface area contributed by atoms with E-state index in [4.69, 9.17) is 0 Å². The number of amides is 1. The van der Waals surface area contributed by atoms with Gasteiger partial charge in [-0.3, -0.25) is 9.69 Å². The standard InChI is InChI=1S/C20H31N3O/c1-13-7-8-16-14(9-13)10-17(22-16)18(24)21-15-11-19(2,3)23(6)20(4,5)12-15/h7-9,15,17,22H,10-12H2,1-6H3,(H,21,24)/t17-/m0/s1. The third kappa shape index (κ3) is 3.16. The second-order valence-electron chi connectivity index (χ2n) is 8.86. The van der Waals surface area contributed by atoms with Crippen molar-refractivity contribution >= 4 is 11.6 Å². The number of aryl methyl sites for hydroxylation is 1. The molecule has 2 heterocycles. The van der Waals surface area contributed by atoms with Crippen LogP contribution in [0.25, 0.3) is 0 Å². The predicted molar refractivity (Wildman–Crippen MR) is 99.4 cm³/mol. The first-order valence-corrected chi connectivity index (χ1v) is 8.99. The van der Waals surface area contributed by atoms with Gasteiger partial charge in [-0.2, -0.15) is 0 Å². The first kappa shape index (κ1) is 17.3. The summed E-state index contributed by atoms with van der Waals surface area (Å²) in [7, 11) is 2.19. The Morgan fingerprint density at radius 2 is 1.83 bits per heavy atom. The minimum Gasteiger partial charge on any atom is -0.373 e. The molecule has 1 aromatic rings. The van der Waals surface area contributed by atoms with Crippen LogP contribution >= 0.6 is 0 Å². The molecule has 0 unspecified atom stereocenters. The minimum atomic E-state index is -0.146. The summed E-state index contributed by atoms with van der Waals surface area (Å²) < 4.78 is 0. The molecule has 0 bridgehead atoms. The molecule has 0 saturated carbocycles. The predicted octanol–water partition coefficient (Wildman–Crippen LogP) is 3.10. The third-order valence-electron chi connectivity index (χ3n) is 5.99. The van der Waals surface area contributed by atoms with Crippen LogP contribution in [-0.4, -0.2) is 41.0 Å². The molecule has 4 nitrogen and oxygen atoms in total. The molecule has 0 aromatic heterocycles. The molecule has 1 amide bonds. The van der Waals surface area contributed by atoms with Crippen LogP contribution in [0.5, 0.6) is 0 Å². The van der Waals surface area contributed by atoms with Crippen molar-refractivity contribution in [1.82, 2.24) is 10.2 Å². The lowest BCUT2D eigenvalue weighted by molar-refractivity contribution is -0.123. The molecule has 3 rings (SSSR count). The van der Waals surface area contributed by atoms with Gasteiger partial charge in [-0.05, 0) is 66.1 Å². The molecular formula is C20H31N3O. The summed E-state index contributed by atoms with van der Waals surface area (Å²) in [6, 6.07) is 6.43. The van der Waals surface area contributed by atoms with E-state index >= 15 is 0 Å². The average Bonchev–Trinajstić information content (AvgIpc) is 2.87. The number of carbonyl (C=O) groups excluding carboxylic acids is 1. The molecule has 0 aliphatic carbocycles. The van der Waals surface area contributed by atoms with Gasteiger partial charge in [0.1, 0.15) is 6.04 Å². The van der Waals surface area contributed by atoms with E-state index in [2.05, 4.69) is 75.4 Å². The Labute approximate surface area is 146 Å². The number of likely N-dealkylation sites (tertiary alicyclic amines) is 1. The van der Waals surface area contributed by atoms with Gasteiger partial charge in [0, 0.05) is 29.2 Å². The maximum absolute atomic E-state index is 12.8. The van der Waals surface area contributed by atoms with Crippen molar-refractivity contribution in [2.45, 2.75) is 77.0 Å². The lowest BCUT2D eigenvalue weighted by Gasteiger charge is -2.53. The van der Waals surface area contributed by atoms with Crippen LogP contribution in [0.1, 0.15) is 51.7 Å². The highest BCUT2D eigenvalue weighted by Crippen LogP contribution is 2.37. The summed E-state index contributed by atoms with van der Waals surface area (Å²) in [5.74, 6) is 0.130. The van der Waals surface area contributed by atoms with Crippen LogP contribution < -0.4 is 10.6 Å². The van der Waals surface area contributed by atoms with Crippen molar-refractivity contribution in [2.24, 2.45) is 0 Å². The van der Waals surface area contributed by atoms with Crippen molar-refractivity contribution in [3.05, 3.63) is 29.3 Å². The summed E-state index contributed by atoms with van der Waals surface area (Å²) in [5, 5.41) is 6.69. The van der Waals surface area contributed by atoms with Crippen molar-refractivity contribution in [1.29, 1.82) is 0 Å². The Bertz CT molecular complexity index is 632. The molecule has 0 radical (unpaired) electrons. The molecule has 2 aliphatic rings. The van der Waals surface area contributed by atoms with Crippen LogP contribution in [-0.2, 0) is 11.2 Å². The number of fused-ring (bicyclic) bond motifs is 1. The normalized spacial score (nSPS) is 25.8. The van der Waals surface area contributed by atoms with Gasteiger partial charge in [0.05, 0.1) is 0 Å². The van der Waals surface area contributed by atoms with Gasteiger partial charge in [0.25, 0.3) is 0 Å². The van der Waals surface area contributed by atoms with E-state index in [1.165, 1.54) is 11.1 Å². The fourth-order valence-corrected chi connectivity index (χ4v) is 4.42. The molecule has 1 fully saturated rings. The number of carbonyl (C=O) groups is 1. The van der Waals surface area contributed by atoms with Crippen LogP contribution in [0.3, 0.4) is 0 Å². The highest BCUT2D eigenvalue weighted by molar-refractivity contribution is 5.87. The molecule has 1 atom stereocenters. The summed E-state index contributed by atoms with van der Waals surface area (Å²) in [6.45, 7) is 11.1. The van der Waals surface area contributed by atoms with Crippen molar-refractivity contribution in [2.75, 3.05) is 12.4 Å². The van der Waals surface area contributed by atoms with Gasteiger partial charge in [-0.1, -0.05) is 17.7 Å². The number of anilines is 1. The summed E-state index contributed by atoms with van der Waals surface area (Å²) in [4.78, 5) is 15.2. The summed E-state index contributed by atoms with van der Waals surface area (Å²) in [6.07, 6.45) is 2.75. The summed E-state index contributed by atoms with van der Waals surface area (Å²) >= 11 is 0. The topological polar surface area (TPSA) is 44.4 Å². The molecule has 2 aliphatic heterocycles. The van der Waals surface area contributed by atoms with Crippen LogP contribution in [0.4, 0.5) is 5.69 Å². The lowest BCUT2D eigenvalue weighted by Crippen LogP contribution is -2.63. The van der Waals surface area contributed by atoms with Crippen molar-refractivity contribution in [3.8, 4) is 0 Å². The minimum absolute atomic E-state index is 0.0862. The van der Waals surface area contributed by atoms with Gasteiger partial charge in [-0.15, -0.1) is 0 Å². The molecule has 2 N–H and O–H groups in total. The Hall–Kier alpha value is -1.55. The van der Waals surface area contributed by atoms with E-state index in [0.29, 0.717) is 0 Å². The van der Waals surface area contributed by atoms with Gasteiger partial charge in [0.15, 0.2) is 0 Å². The van der Waals surface area contributed by atoms with E-state index in [1.807, 2.05) is 0 Å².